The van der Waals surface area contributed by atoms with E-state index in [9.17, 15) is 4.79 Å². The van der Waals surface area contributed by atoms with Gasteiger partial charge in [0.2, 0.25) is 0 Å². The second-order valence-corrected chi connectivity index (χ2v) is 4.66. The Kier molecular flexibility index (Phi) is 5.49. The van der Waals surface area contributed by atoms with Gasteiger partial charge in [-0.2, -0.15) is 0 Å². The number of halogens is 1. The molecule has 0 aliphatic heterocycles. The number of nitrogens with two attached hydrogens (primary N) is 1. The van der Waals surface area contributed by atoms with E-state index in [1.807, 2.05) is 6.07 Å². The van der Waals surface area contributed by atoms with Crippen LogP contribution in [-0.2, 0) is 9.53 Å². The topological polar surface area (TPSA) is 52.3 Å². The minimum atomic E-state index is -0.170. The third-order valence-corrected chi connectivity index (χ3v) is 3.17. The molecule has 0 fully saturated rings. The van der Waals surface area contributed by atoms with Gasteiger partial charge >= 0.3 is 5.97 Å². The standard InChI is InChI=1S/C11H14ClNO2S/c1-2-15-11(14)5-6-16-8-3-4-10(13)9(12)7-8/h3-4,7H,2,5-6,13H2,1H3. The van der Waals surface area contributed by atoms with Gasteiger partial charge in [-0.25, -0.2) is 0 Å². The van der Waals surface area contributed by atoms with Crippen LogP contribution < -0.4 is 5.73 Å². The van der Waals surface area contributed by atoms with Gasteiger partial charge < -0.3 is 10.5 Å². The second-order valence-electron chi connectivity index (χ2n) is 3.09. The van der Waals surface area contributed by atoms with Crippen LogP contribution >= 0.6 is 23.4 Å². The first-order valence-corrected chi connectivity index (χ1v) is 6.33. The fourth-order valence-corrected chi connectivity index (χ4v) is 2.20. The van der Waals surface area contributed by atoms with Crippen LogP contribution in [-0.4, -0.2) is 18.3 Å². The first-order chi connectivity index (χ1) is 7.63. The van der Waals surface area contributed by atoms with Gasteiger partial charge in [-0.05, 0) is 25.1 Å². The van der Waals surface area contributed by atoms with E-state index in [1.165, 1.54) is 0 Å². The highest BCUT2D eigenvalue weighted by atomic mass is 35.5. The molecule has 0 bridgehead atoms. The summed E-state index contributed by atoms with van der Waals surface area (Å²) in [4.78, 5) is 12.1. The molecule has 1 rings (SSSR count). The summed E-state index contributed by atoms with van der Waals surface area (Å²) in [5.74, 6) is 0.510. The normalized spacial score (nSPS) is 10.1. The van der Waals surface area contributed by atoms with E-state index in [2.05, 4.69) is 0 Å². The van der Waals surface area contributed by atoms with Gasteiger partial charge in [-0.3, -0.25) is 4.79 Å². The summed E-state index contributed by atoms with van der Waals surface area (Å²) in [7, 11) is 0. The lowest BCUT2D eigenvalue weighted by molar-refractivity contribution is -0.142. The third-order valence-electron chi connectivity index (χ3n) is 1.85. The lowest BCUT2D eigenvalue weighted by Gasteiger charge is -2.04. The Morgan fingerprint density at radius 2 is 2.31 bits per heavy atom. The number of carbonyl (C=O) groups is 1. The van der Waals surface area contributed by atoms with Crippen LogP contribution in [0.2, 0.25) is 5.02 Å². The van der Waals surface area contributed by atoms with E-state index in [0.29, 0.717) is 29.5 Å². The number of rotatable bonds is 5. The zero-order valence-corrected chi connectivity index (χ0v) is 10.6. The van der Waals surface area contributed by atoms with Crippen molar-refractivity contribution >= 4 is 35.0 Å². The summed E-state index contributed by atoms with van der Waals surface area (Å²) in [6.45, 7) is 2.22. The van der Waals surface area contributed by atoms with Gasteiger partial charge in [0, 0.05) is 10.6 Å². The predicted molar refractivity (Wildman–Crippen MR) is 67.8 cm³/mol. The number of carbonyl (C=O) groups excluding carboxylic acids is 1. The quantitative estimate of drug-likeness (QED) is 0.502. The molecule has 3 nitrogen and oxygen atoms in total. The number of ether oxygens (including phenoxy) is 1. The van der Waals surface area contributed by atoms with Crippen LogP contribution in [0.3, 0.4) is 0 Å². The number of esters is 1. The molecule has 16 heavy (non-hydrogen) atoms. The average molecular weight is 260 g/mol. The first kappa shape index (κ1) is 13.2. The number of benzene rings is 1. The molecule has 2 N–H and O–H groups in total. The fraction of sp³-hybridized carbons (Fsp3) is 0.364. The van der Waals surface area contributed by atoms with Crippen molar-refractivity contribution in [2.24, 2.45) is 0 Å². The molecule has 0 saturated carbocycles. The van der Waals surface area contributed by atoms with Crippen molar-refractivity contribution in [1.29, 1.82) is 0 Å². The summed E-state index contributed by atoms with van der Waals surface area (Å²) in [6.07, 6.45) is 0.403. The molecular formula is C11H14ClNO2S. The monoisotopic (exact) mass is 259 g/mol. The summed E-state index contributed by atoms with van der Waals surface area (Å²) >= 11 is 7.43. The van der Waals surface area contributed by atoms with E-state index in [4.69, 9.17) is 22.1 Å². The molecule has 0 aliphatic carbocycles. The number of anilines is 1. The maximum Gasteiger partial charge on any atom is 0.306 e. The van der Waals surface area contributed by atoms with Crippen molar-refractivity contribution in [3.05, 3.63) is 23.2 Å². The maximum atomic E-state index is 11.1. The molecule has 1 aromatic carbocycles. The SMILES string of the molecule is CCOC(=O)CCSc1ccc(N)c(Cl)c1. The van der Waals surface area contributed by atoms with Crippen LogP contribution in [0.4, 0.5) is 5.69 Å². The Bertz CT molecular complexity index is 371. The lowest BCUT2D eigenvalue weighted by atomic mass is 10.3. The van der Waals surface area contributed by atoms with Gasteiger partial charge in [0.25, 0.3) is 0 Å². The highest BCUT2D eigenvalue weighted by Crippen LogP contribution is 2.26. The van der Waals surface area contributed by atoms with E-state index in [0.717, 1.165) is 4.90 Å². The zero-order chi connectivity index (χ0) is 12.0. The Labute approximate surface area is 104 Å². The smallest absolute Gasteiger partial charge is 0.306 e. The third kappa shape index (κ3) is 4.33. The maximum absolute atomic E-state index is 11.1. The molecule has 0 radical (unpaired) electrons. The van der Waals surface area contributed by atoms with E-state index < -0.39 is 0 Å². The number of hydrogen-bond acceptors (Lipinski definition) is 4. The summed E-state index contributed by atoms with van der Waals surface area (Å²) in [5.41, 5.74) is 6.16. The molecule has 88 valence electrons. The number of nitrogen functional groups attached to an aromatic ring is 1. The zero-order valence-electron chi connectivity index (χ0n) is 9.03. The van der Waals surface area contributed by atoms with Crippen molar-refractivity contribution in [3.63, 3.8) is 0 Å². The van der Waals surface area contributed by atoms with Gasteiger partial charge in [-0.1, -0.05) is 11.6 Å². The van der Waals surface area contributed by atoms with E-state index in [1.54, 1.807) is 30.8 Å². The van der Waals surface area contributed by atoms with Crippen LogP contribution in [0.25, 0.3) is 0 Å². The van der Waals surface area contributed by atoms with Crippen molar-refractivity contribution in [3.8, 4) is 0 Å². The highest BCUT2D eigenvalue weighted by molar-refractivity contribution is 7.99. The summed E-state index contributed by atoms with van der Waals surface area (Å²) in [6, 6.07) is 5.44. The van der Waals surface area contributed by atoms with Crippen molar-refractivity contribution in [2.45, 2.75) is 18.2 Å². The Balaban J connectivity index is 2.37. The Morgan fingerprint density at radius 3 is 2.94 bits per heavy atom. The van der Waals surface area contributed by atoms with Crippen molar-refractivity contribution in [1.82, 2.24) is 0 Å². The molecular weight excluding hydrogens is 246 g/mol. The Morgan fingerprint density at radius 1 is 1.56 bits per heavy atom. The summed E-state index contributed by atoms with van der Waals surface area (Å²) < 4.78 is 4.82. The van der Waals surface area contributed by atoms with Crippen LogP contribution in [0.1, 0.15) is 13.3 Å². The van der Waals surface area contributed by atoms with E-state index >= 15 is 0 Å². The molecule has 0 amide bonds. The minimum absolute atomic E-state index is 0.170. The van der Waals surface area contributed by atoms with Crippen LogP contribution in [0.15, 0.2) is 23.1 Å². The molecule has 0 aliphatic rings. The van der Waals surface area contributed by atoms with Gasteiger partial charge in [0.05, 0.1) is 23.7 Å². The molecule has 0 heterocycles. The highest BCUT2D eigenvalue weighted by Gasteiger charge is 2.03. The lowest BCUT2D eigenvalue weighted by Crippen LogP contribution is -2.04. The number of thioether (sulfide) groups is 1. The average Bonchev–Trinajstić information content (AvgIpc) is 2.24. The van der Waals surface area contributed by atoms with Crippen molar-refractivity contribution < 1.29 is 9.53 Å². The molecule has 0 unspecified atom stereocenters. The molecule has 0 saturated heterocycles. The molecule has 0 spiro atoms. The number of hydrogen-bond donors (Lipinski definition) is 1. The van der Waals surface area contributed by atoms with Gasteiger partial charge in [0.15, 0.2) is 0 Å². The summed E-state index contributed by atoms with van der Waals surface area (Å²) in [5, 5.41) is 0.543. The predicted octanol–water partition coefficient (Wildman–Crippen LogP) is 2.97. The first-order valence-electron chi connectivity index (χ1n) is 4.97. The molecule has 0 aromatic heterocycles. The molecule has 1 aromatic rings. The largest absolute Gasteiger partial charge is 0.466 e. The van der Waals surface area contributed by atoms with Crippen LogP contribution in [0.5, 0.6) is 0 Å². The van der Waals surface area contributed by atoms with Crippen LogP contribution in [0, 0.1) is 0 Å². The van der Waals surface area contributed by atoms with Gasteiger partial charge in [-0.15, -0.1) is 11.8 Å². The molecule has 0 atom stereocenters. The Hall–Kier alpha value is -0.870. The molecule has 5 heteroatoms. The minimum Gasteiger partial charge on any atom is -0.466 e. The second kappa shape index (κ2) is 6.66. The fourth-order valence-electron chi connectivity index (χ4n) is 1.08. The van der Waals surface area contributed by atoms with Crippen molar-refractivity contribution in [2.75, 3.05) is 18.1 Å². The van der Waals surface area contributed by atoms with Gasteiger partial charge in [0.1, 0.15) is 0 Å². The van der Waals surface area contributed by atoms with E-state index in [-0.39, 0.29) is 5.97 Å².